The topological polar surface area (TPSA) is 29.3 Å². The first-order valence-electron chi connectivity index (χ1n) is 8.64. The van der Waals surface area contributed by atoms with E-state index in [-0.39, 0.29) is 6.04 Å². The zero-order valence-corrected chi connectivity index (χ0v) is 16.7. The van der Waals surface area contributed by atoms with Crippen LogP contribution in [-0.2, 0) is 0 Å². The summed E-state index contributed by atoms with van der Waals surface area (Å²) in [5.74, 6) is 0.998. The lowest BCUT2D eigenvalue weighted by Crippen LogP contribution is -2.63. The molecule has 0 unspecified atom stereocenters. The van der Waals surface area contributed by atoms with E-state index >= 15 is 0 Å². The molecule has 0 radical (unpaired) electrons. The normalized spacial score (nSPS) is 29.2. The number of nitrogens with zero attached hydrogens (tertiary/aromatic N) is 1. The summed E-state index contributed by atoms with van der Waals surface area (Å²) in [5, 5.41) is 0. The summed E-state index contributed by atoms with van der Waals surface area (Å²) in [6, 6.07) is 18.2. The fraction of sp³-hybridized carbons (Fsp3) is 0.400. The van der Waals surface area contributed by atoms with Gasteiger partial charge in [-0.25, -0.2) is 0 Å². The molecule has 2 N–H and O–H groups in total. The van der Waals surface area contributed by atoms with Gasteiger partial charge in [0.1, 0.15) is 0 Å². The lowest BCUT2D eigenvalue weighted by atomic mass is 9.71. The van der Waals surface area contributed by atoms with Crippen molar-refractivity contribution in [3.63, 3.8) is 0 Å². The Labute approximate surface area is 160 Å². The van der Waals surface area contributed by atoms with E-state index in [1.165, 1.54) is 37.1 Å². The van der Waals surface area contributed by atoms with Crippen molar-refractivity contribution in [1.29, 1.82) is 0 Å². The van der Waals surface area contributed by atoms with Gasteiger partial charge in [0, 0.05) is 26.9 Å². The zero-order valence-electron chi connectivity index (χ0n) is 13.5. The molecule has 3 aliphatic rings. The predicted molar refractivity (Wildman–Crippen MR) is 106 cm³/mol. The molecular formula is C20H22Br2N2. The highest BCUT2D eigenvalue weighted by Crippen LogP contribution is 2.41. The average Bonchev–Trinajstić information content (AvgIpc) is 2.61. The number of benzene rings is 2. The molecule has 2 nitrogen and oxygen atoms in total. The first-order chi connectivity index (χ1) is 11.6. The summed E-state index contributed by atoms with van der Waals surface area (Å²) in [6.07, 6.45) is 2.51. The van der Waals surface area contributed by atoms with Crippen molar-refractivity contribution in [2.75, 3.05) is 13.1 Å². The Bertz CT molecular complexity index is 643. The second kappa shape index (κ2) is 6.91. The molecule has 2 bridgehead atoms. The fourth-order valence-electron chi connectivity index (χ4n) is 4.48. The molecule has 3 fully saturated rings. The molecule has 2 aromatic rings. The Morgan fingerprint density at radius 3 is 1.71 bits per heavy atom. The van der Waals surface area contributed by atoms with Gasteiger partial charge in [0.25, 0.3) is 0 Å². The van der Waals surface area contributed by atoms with Crippen LogP contribution < -0.4 is 5.73 Å². The second-order valence-corrected chi connectivity index (χ2v) is 8.85. The number of nitrogens with two attached hydrogens (primary N) is 1. The van der Waals surface area contributed by atoms with E-state index in [2.05, 4.69) is 85.3 Å². The SMILES string of the molecule is N[C@@H]1C2CCN(CC2)[C@H]1C(c1ccc(Br)cc1)c1ccc(Br)cc1. The molecule has 0 spiro atoms. The van der Waals surface area contributed by atoms with Gasteiger partial charge < -0.3 is 5.73 Å². The third-order valence-electron chi connectivity index (χ3n) is 5.73. The summed E-state index contributed by atoms with van der Waals surface area (Å²) >= 11 is 7.12. The Morgan fingerprint density at radius 1 is 0.833 bits per heavy atom. The van der Waals surface area contributed by atoms with Gasteiger partial charge in [-0.05, 0) is 67.2 Å². The van der Waals surface area contributed by atoms with Crippen molar-refractivity contribution in [2.24, 2.45) is 11.7 Å². The maximum atomic E-state index is 6.74. The van der Waals surface area contributed by atoms with E-state index in [4.69, 9.17) is 5.73 Å². The number of rotatable bonds is 3. The van der Waals surface area contributed by atoms with Crippen LogP contribution in [0.25, 0.3) is 0 Å². The Balaban J connectivity index is 1.78. The molecule has 3 heterocycles. The molecule has 0 aliphatic carbocycles. The summed E-state index contributed by atoms with van der Waals surface area (Å²) in [6.45, 7) is 2.37. The van der Waals surface area contributed by atoms with E-state index in [0.29, 0.717) is 17.9 Å². The van der Waals surface area contributed by atoms with Gasteiger partial charge in [-0.3, -0.25) is 4.90 Å². The molecular weight excluding hydrogens is 428 g/mol. The second-order valence-electron chi connectivity index (χ2n) is 7.02. The maximum Gasteiger partial charge on any atom is 0.0359 e. The molecule has 5 rings (SSSR count). The molecule has 4 heteroatoms. The number of hydrogen-bond donors (Lipinski definition) is 1. The van der Waals surface area contributed by atoms with Crippen LogP contribution in [0.2, 0.25) is 0 Å². The number of piperidine rings is 3. The minimum Gasteiger partial charge on any atom is -0.326 e. The first-order valence-corrected chi connectivity index (χ1v) is 10.2. The van der Waals surface area contributed by atoms with Crippen LogP contribution >= 0.6 is 31.9 Å². The van der Waals surface area contributed by atoms with Crippen LogP contribution in [0, 0.1) is 5.92 Å². The standard InChI is InChI=1S/C20H22Br2N2/c21-16-5-1-13(2-6-16)18(14-3-7-17(22)8-4-14)20-19(23)15-9-11-24(20)12-10-15/h1-8,15,18-20H,9-12,23H2/t19-,20+/m1/s1. The molecule has 126 valence electrons. The third-order valence-corrected chi connectivity index (χ3v) is 6.79. The van der Waals surface area contributed by atoms with Gasteiger partial charge in [0.15, 0.2) is 0 Å². The van der Waals surface area contributed by atoms with E-state index in [1.807, 2.05) is 0 Å². The van der Waals surface area contributed by atoms with E-state index in [9.17, 15) is 0 Å². The quantitative estimate of drug-likeness (QED) is 0.731. The monoisotopic (exact) mass is 448 g/mol. The minimum atomic E-state index is 0.254. The van der Waals surface area contributed by atoms with Gasteiger partial charge in [-0.1, -0.05) is 56.1 Å². The molecule has 3 saturated heterocycles. The van der Waals surface area contributed by atoms with Crippen LogP contribution in [0.3, 0.4) is 0 Å². The molecule has 3 aliphatic heterocycles. The van der Waals surface area contributed by atoms with Gasteiger partial charge >= 0.3 is 0 Å². The van der Waals surface area contributed by atoms with Gasteiger partial charge in [0.2, 0.25) is 0 Å². The Hall–Kier alpha value is -0.680. The van der Waals surface area contributed by atoms with Crippen LogP contribution in [0.15, 0.2) is 57.5 Å². The molecule has 24 heavy (non-hydrogen) atoms. The van der Waals surface area contributed by atoms with Gasteiger partial charge in [0.05, 0.1) is 0 Å². The number of halogens is 2. The molecule has 0 amide bonds. The van der Waals surface area contributed by atoms with Crippen LogP contribution in [-0.4, -0.2) is 30.1 Å². The van der Waals surface area contributed by atoms with Crippen LogP contribution in [0.4, 0.5) is 0 Å². The highest BCUT2D eigenvalue weighted by atomic mass is 79.9. The smallest absolute Gasteiger partial charge is 0.0359 e. The first kappa shape index (κ1) is 16.8. The summed E-state index contributed by atoms with van der Waals surface area (Å²) in [4.78, 5) is 2.62. The lowest BCUT2D eigenvalue weighted by molar-refractivity contribution is 0.0204. The van der Waals surface area contributed by atoms with Crippen molar-refractivity contribution in [3.05, 3.63) is 68.6 Å². The van der Waals surface area contributed by atoms with E-state index in [0.717, 1.165) is 8.95 Å². The van der Waals surface area contributed by atoms with Crippen molar-refractivity contribution in [2.45, 2.75) is 30.8 Å². The minimum absolute atomic E-state index is 0.254. The Morgan fingerprint density at radius 2 is 1.29 bits per heavy atom. The lowest BCUT2D eigenvalue weighted by Gasteiger charge is -2.52. The maximum absolute atomic E-state index is 6.74. The molecule has 2 aromatic carbocycles. The number of fused-ring (bicyclic) bond motifs is 3. The van der Waals surface area contributed by atoms with Crippen LogP contribution in [0.5, 0.6) is 0 Å². The van der Waals surface area contributed by atoms with Crippen LogP contribution in [0.1, 0.15) is 29.9 Å². The highest BCUT2D eigenvalue weighted by Gasteiger charge is 2.44. The molecule has 0 saturated carbocycles. The van der Waals surface area contributed by atoms with Crippen molar-refractivity contribution < 1.29 is 0 Å². The highest BCUT2D eigenvalue weighted by molar-refractivity contribution is 9.10. The fourth-order valence-corrected chi connectivity index (χ4v) is 5.01. The third kappa shape index (κ3) is 3.10. The van der Waals surface area contributed by atoms with Crippen molar-refractivity contribution in [1.82, 2.24) is 4.90 Å². The predicted octanol–water partition coefficient (Wildman–Crippen LogP) is 4.77. The summed E-state index contributed by atoms with van der Waals surface area (Å²) < 4.78 is 2.24. The average molecular weight is 450 g/mol. The van der Waals surface area contributed by atoms with Gasteiger partial charge in [-0.2, -0.15) is 0 Å². The van der Waals surface area contributed by atoms with Crippen molar-refractivity contribution in [3.8, 4) is 0 Å². The Kier molecular flexibility index (Phi) is 4.83. The largest absolute Gasteiger partial charge is 0.326 e. The van der Waals surface area contributed by atoms with Crippen molar-refractivity contribution >= 4 is 31.9 Å². The molecule has 0 aromatic heterocycles. The van der Waals surface area contributed by atoms with E-state index in [1.54, 1.807) is 0 Å². The van der Waals surface area contributed by atoms with Gasteiger partial charge in [-0.15, -0.1) is 0 Å². The molecule has 2 atom stereocenters. The summed E-state index contributed by atoms with van der Waals surface area (Å²) in [7, 11) is 0. The summed E-state index contributed by atoms with van der Waals surface area (Å²) in [5.41, 5.74) is 9.45. The van der Waals surface area contributed by atoms with E-state index < -0.39 is 0 Å². The number of hydrogen-bond acceptors (Lipinski definition) is 2. The zero-order chi connectivity index (χ0) is 16.7.